The summed E-state index contributed by atoms with van der Waals surface area (Å²) in [7, 11) is 1.53. The van der Waals surface area contributed by atoms with E-state index in [1.165, 1.54) is 18.6 Å². The Morgan fingerprint density at radius 2 is 2.11 bits per heavy atom. The van der Waals surface area contributed by atoms with Gasteiger partial charge < -0.3 is 14.4 Å². The van der Waals surface area contributed by atoms with Crippen molar-refractivity contribution in [2.45, 2.75) is 13.5 Å². The topological polar surface area (TPSA) is 68.5 Å². The number of nitrogens with zero attached hydrogens (tertiary/aromatic N) is 1. The zero-order valence-electron chi connectivity index (χ0n) is 10.4. The fourth-order valence-electron chi connectivity index (χ4n) is 2.00. The van der Waals surface area contributed by atoms with Crippen LogP contribution < -0.4 is 4.74 Å². The number of halogens is 1. The van der Waals surface area contributed by atoms with Crippen molar-refractivity contribution in [3.63, 3.8) is 0 Å². The largest absolute Gasteiger partial charge is 0.495 e. The first-order valence-corrected chi connectivity index (χ1v) is 6.32. The van der Waals surface area contributed by atoms with Crippen LogP contribution in [0.25, 0.3) is 10.9 Å². The second kappa shape index (κ2) is 5.05. The van der Waals surface area contributed by atoms with Crippen LogP contribution in [-0.4, -0.2) is 28.5 Å². The molecule has 6 heteroatoms. The summed E-state index contributed by atoms with van der Waals surface area (Å²) in [5, 5.41) is 9.62. The van der Waals surface area contributed by atoms with Crippen LogP contribution in [0.3, 0.4) is 0 Å². The predicted molar refractivity (Wildman–Crippen MR) is 73.8 cm³/mol. The van der Waals surface area contributed by atoms with E-state index in [9.17, 15) is 9.59 Å². The van der Waals surface area contributed by atoms with Gasteiger partial charge in [-0.05, 0) is 28.9 Å². The van der Waals surface area contributed by atoms with Gasteiger partial charge in [-0.15, -0.1) is 0 Å². The van der Waals surface area contributed by atoms with Crippen molar-refractivity contribution in [1.29, 1.82) is 0 Å². The maximum Gasteiger partial charge on any atom is 0.323 e. The quantitative estimate of drug-likeness (QED) is 0.877. The Morgan fingerprint density at radius 3 is 2.63 bits per heavy atom. The van der Waals surface area contributed by atoms with E-state index in [-0.39, 0.29) is 12.3 Å². The van der Waals surface area contributed by atoms with E-state index < -0.39 is 5.97 Å². The molecule has 0 atom stereocenters. The zero-order valence-corrected chi connectivity index (χ0v) is 12.0. The molecule has 0 fully saturated rings. The number of fused-ring (bicyclic) bond motifs is 1. The van der Waals surface area contributed by atoms with E-state index in [2.05, 4.69) is 15.9 Å². The fraction of sp³-hybridized carbons (Fsp3) is 0.231. The van der Waals surface area contributed by atoms with Gasteiger partial charge in [0.05, 0.1) is 17.1 Å². The van der Waals surface area contributed by atoms with Gasteiger partial charge in [0.2, 0.25) is 0 Å². The summed E-state index contributed by atoms with van der Waals surface area (Å²) < 4.78 is 7.44. The van der Waals surface area contributed by atoms with Crippen LogP contribution in [0.1, 0.15) is 17.3 Å². The second-order valence-corrected chi connectivity index (χ2v) is 4.98. The molecule has 0 radical (unpaired) electrons. The monoisotopic (exact) mass is 325 g/mol. The van der Waals surface area contributed by atoms with Crippen molar-refractivity contribution in [1.82, 2.24) is 4.57 Å². The van der Waals surface area contributed by atoms with Gasteiger partial charge in [0.1, 0.15) is 12.3 Å². The van der Waals surface area contributed by atoms with Crippen molar-refractivity contribution < 1.29 is 19.4 Å². The van der Waals surface area contributed by atoms with Gasteiger partial charge in [0.25, 0.3) is 0 Å². The number of carboxylic acid groups (broad SMARTS) is 1. The van der Waals surface area contributed by atoms with Crippen molar-refractivity contribution in [3.05, 3.63) is 28.4 Å². The van der Waals surface area contributed by atoms with Crippen LogP contribution in [0.15, 0.2) is 22.8 Å². The molecular weight excluding hydrogens is 314 g/mol. The van der Waals surface area contributed by atoms with Gasteiger partial charge in [-0.1, -0.05) is 0 Å². The fourth-order valence-corrected chi connectivity index (χ4v) is 2.51. The molecular formula is C13H12BrNO4. The molecule has 0 spiro atoms. The molecule has 1 heterocycles. The summed E-state index contributed by atoms with van der Waals surface area (Å²) in [4.78, 5) is 22.5. The van der Waals surface area contributed by atoms with Crippen LogP contribution in [-0.2, 0) is 11.3 Å². The third-order valence-electron chi connectivity index (χ3n) is 2.84. The maximum atomic E-state index is 11.6. The molecule has 2 aromatic rings. The van der Waals surface area contributed by atoms with E-state index in [0.717, 1.165) is 4.47 Å². The van der Waals surface area contributed by atoms with Crippen molar-refractivity contribution in [2.24, 2.45) is 0 Å². The number of Topliss-reactive ketones (excluding diaryl/α,β-unsaturated/α-hetero) is 1. The first kappa shape index (κ1) is 13.6. The lowest BCUT2D eigenvalue weighted by molar-refractivity contribution is -0.137. The van der Waals surface area contributed by atoms with Crippen LogP contribution >= 0.6 is 15.9 Å². The lowest BCUT2D eigenvalue weighted by atomic mass is 10.1. The Labute approximate surface area is 117 Å². The number of ketones is 1. The van der Waals surface area contributed by atoms with Gasteiger partial charge in [0.15, 0.2) is 5.78 Å². The lowest BCUT2D eigenvalue weighted by Gasteiger charge is -2.06. The summed E-state index contributed by atoms with van der Waals surface area (Å²) in [6, 6.07) is 3.48. The van der Waals surface area contributed by atoms with Crippen LogP contribution in [0, 0.1) is 0 Å². The number of ether oxygens (including phenoxy) is 1. The first-order chi connectivity index (χ1) is 8.93. The molecule has 100 valence electrons. The van der Waals surface area contributed by atoms with Gasteiger partial charge in [-0.3, -0.25) is 9.59 Å². The number of hydrogen-bond donors (Lipinski definition) is 1. The summed E-state index contributed by atoms with van der Waals surface area (Å²) in [5.41, 5.74) is 1.16. The molecule has 0 saturated carbocycles. The van der Waals surface area contributed by atoms with Crippen molar-refractivity contribution in [3.8, 4) is 5.75 Å². The lowest BCUT2D eigenvalue weighted by Crippen LogP contribution is -2.07. The average Bonchev–Trinajstić information content (AvgIpc) is 2.65. The minimum Gasteiger partial charge on any atom is -0.495 e. The minimum absolute atomic E-state index is 0.105. The standard InChI is InChI=1S/C13H12BrNO4/c1-7(16)9-5-15(6-13(17)18)11-4-12(19-2)10(14)3-8(9)11/h3-5H,6H2,1-2H3,(H,17,18). The van der Waals surface area contributed by atoms with Crippen LogP contribution in [0.5, 0.6) is 5.75 Å². The number of carboxylic acids is 1. The minimum atomic E-state index is -0.964. The Hall–Kier alpha value is -1.82. The summed E-state index contributed by atoms with van der Waals surface area (Å²) >= 11 is 3.36. The van der Waals surface area contributed by atoms with E-state index in [4.69, 9.17) is 9.84 Å². The smallest absolute Gasteiger partial charge is 0.323 e. The summed E-state index contributed by atoms with van der Waals surface area (Å²) in [6.07, 6.45) is 1.56. The molecule has 0 aliphatic rings. The second-order valence-electron chi connectivity index (χ2n) is 4.12. The Bertz CT molecular complexity index is 675. The highest BCUT2D eigenvalue weighted by Crippen LogP contribution is 2.33. The van der Waals surface area contributed by atoms with Gasteiger partial charge in [0, 0.05) is 23.2 Å². The number of aromatic nitrogens is 1. The zero-order chi connectivity index (χ0) is 14.2. The average molecular weight is 326 g/mol. The summed E-state index contributed by atoms with van der Waals surface area (Å²) in [5.74, 6) is -0.479. The molecule has 1 aromatic heterocycles. The van der Waals surface area contributed by atoms with Crippen LogP contribution in [0.2, 0.25) is 0 Å². The molecule has 1 N–H and O–H groups in total. The number of carbonyl (C=O) groups excluding carboxylic acids is 1. The number of hydrogen-bond acceptors (Lipinski definition) is 3. The Balaban J connectivity index is 2.75. The molecule has 0 amide bonds. The Kier molecular flexibility index (Phi) is 3.61. The molecule has 5 nitrogen and oxygen atoms in total. The van der Waals surface area contributed by atoms with Crippen LogP contribution in [0.4, 0.5) is 0 Å². The molecule has 0 bridgehead atoms. The predicted octanol–water partition coefficient (Wildman–Crippen LogP) is 2.70. The molecule has 0 aliphatic heterocycles. The van der Waals surface area contributed by atoms with E-state index in [1.807, 2.05) is 0 Å². The summed E-state index contributed by atoms with van der Waals surface area (Å²) in [6.45, 7) is 1.26. The number of benzene rings is 1. The first-order valence-electron chi connectivity index (χ1n) is 5.53. The number of aliphatic carboxylic acids is 1. The Morgan fingerprint density at radius 1 is 1.42 bits per heavy atom. The van der Waals surface area contributed by atoms with Gasteiger partial charge in [-0.2, -0.15) is 0 Å². The molecule has 0 unspecified atom stereocenters. The molecule has 1 aromatic carbocycles. The third kappa shape index (κ3) is 2.49. The van der Waals surface area contributed by atoms with Crippen molar-refractivity contribution >= 4 is 38.6 Å². The maximum absolute atomic E-state index is 11.6. The molecule has 0 aliphatic carbocycles. The molecule has 0 saturated heterocycles. The molecule has 2 rings (SSSR count). The highest BCUT2D eigenvalue weighted by molar-refractivity contribution is 9.10. The van der Waals surface area contributed by atoms with E-state index in [0.29, 0.717) is 22.2 Å². The van der Waals surface area contributed by atoms with E-state index in [1.54, 1.807) is 18.3 Å². The SMILES string of the molecule is COc1cc2c(cc1Br)c(C(C)=O)cn2CC(=O)O. The number of methoxy groups -OCH3 is 1. The normalized spacial score (nSPS) is 10.7. The number of carbonyl (C=O) groups is 2. The molecule has 19 heavy (non-hydrogen) atoms. The highest BCUT2D eigenvalue weighted by Gasteiger charge is 2.16. The highest BCUT2D eigenvalue weighted by atomic mass is 79.9. The number of rotatable bonds is 4. The van der Waals surface area contributed by atoms with Gasteiger partial charge >= 0.3 is 5.97 Å². The third-order valence-corrected chi connectivity index (χ3v) is 3.46. The van der Waals surface area contributed by atoms with Gasteiger partial charge in [-0.25, -0.2) is 0 Å². The van der Waals surface area contributed by atoms with Crippen molar-refractivity contribution in [2.75, 3.05) is 7.11 Å². The van der Waals surface area contributed by atoms with E-state index >= 15 is 0 Å².